The van der Waals surface area contributed by atoms with Gasteiger partial charge in [0.1, 0.15) is 0 Å². The second kappa shape index (κ2) is 6.00. The Morgan fingerprint density at radius 2 is 2.00 bits per heavy atom. The van der Waals surface area contributed by atoms with E-state index in [-0.39, 0.29) is 5.54 Å². The number of rotatable bonds is 2. The number of carbonyl (C=O) groups is 2. The van der Waals surface area contributed by atoms with Gasteiger partial charge in [-0.25, -0.2) is 0 Å². The third-order valence-electron chi connectivity index (χ3n) is 3.16. The van der Waals surface area contributed by atoms with Gasteiger partial charge >= 0.3 is 11.8 Å². The van der Waals surface area contributed by atoms with Crippen molar-refractivity contribution >= 4 is 11.8 Å². The van der Waals surface area contributed by atoms with E-state index in [1.165, 1.54) is 0 Å². The standard InChI is InChI=1S/C12H23N3O2/c1-4-12(2,3)14-10(16)11(17)15-8-5-6-13-7-9-15/h13H,4-9H2,1-3H3,(H,14,16). The van der Waals surface area contributed by atoms with Crippen molar-refractivity contribution in [1.82, 2.24) is 15.5 Å². The van der Waals surface area contributed by atoms with Crippen LogP contribution in [0, 0.1) is 0 Å². The summed E-state index contributed by atoms with van der Waals surface area (Å²) >= 11 is 0. The zero-order chi connectivity index (χ0) is 12.9. The van der Waals surface area contributed by atoms with Crippen LogP contribution >= 0.6 is 0 Å². The Morgan fingerprint density at radius 3 is 2.65 bits per heavy atom. The minimum Gasteiger partial charge on any atom is -0.343 e. The van der Waals surface area contributed by atoms with E-state index in [1.807, 2.05) is 20.8 Å². The molecule has 0 spiro atoms. The highest BCUT2D eigenvalue weighted by Gasteiger charge is 2.26. The number of nitrogens with zero attached hydrogens (tertiary/aromatic N) is 1. The van der Waals surface area contributed by atoms with Gasteiger partial charge in [0, 0.05) is 25.2 Å². The quantitative estimate of drug-likeness (QED) is 0.675. The third-order valence-corrected chi connectivity index (χ3v) is 3.16. The Kier molecular flexibility index (Phi) is 4.93. The number of carbonyl (C=O) groups excluding carboxylic acids is 2. The molecule has 17 heavy (non-hydrogen) atoms. The molecule has 0 aliphatic carbocycles. The molecule has 1 rings (SSSR count). The Balaban J connectivity index is 2.53. The first kappa shape index (κ1) is 14.0. The lowest BCUT2D eigenvalue weighted by molar-refractivity contribution is -0.146. The highest BCUT2D eigenvalue weighted by Crippen LogP contribution is 2.07. The van der Waals surface area contributed by atoms with Crippen LogP contribution in [0.15, 0.2) is 0 Å². The molecule has 1 fully saturated rings. The van der Waals surface area contributed by atoms with Crippen molar-refractivity contribution in [2.24, 2.45) is 0 Å². The lowest BCUT2D eigenvalue weighted by Crippen LogP contribution is -2.51. The fourth-order valence-corrected chi connectivity index (χ4v) is 1.64. The average Bonchev–Trinajstić information content (AvgIpc) is 2.56. The second-order valence-electron chi connectivity index (χ2n) is 5.09. The topological polar surface area (TPSA) is 61.4 Å². The molecule has 98 valence electrons. The maximum Gasteiger partial charge on any atom is 0.311 e. The Morgan fingerprint density at radius 1 is 1.29 bits per heavy atom. The molecule has 2 N–H and O–H groups in total. The van der Waals surface area contributed by atoms with Crippen LogP contribution in [0.3, 0.4) is 0 Å². The summed E-state index contributed by atoms with van der Waals surface area (Å²) in [5, 5.41) is 5.98. The van der Waals surface area contributed by atoms with Crippen LogP contribution in [-0.4, -0.2) is 48.4 Å². The van der Waals surface area contributed by atoms with Gasteiger partial charge in [-0.2, -0.15) is 0 Å². The van der Waals surface area contributed by atoms with E-state index in [9.17, 15) is 9.59 Å². The molecule has 0 aromatic carbocycles. The first-order chi connectivity index (χ1) is 7.96. The van der Waals surface area contributed by atoms with Crippen LogP contribution in [0.2, 0.25) is 0 Å². The lowest BCUT2D eigenvalue weighted by atomic mass is 10.0. The number of hydrogen-bond donors (Lipinski definition) is 2. The van der Waals surface area contributed by atoms with E-state index >= 15 is 0 Å². The average molecular weight is 241 g/mol. The molecule has 0 bridgehead atoms. The first-order valence-electron chi connectivity index (χ1n) is 6.28. The Bertz CT molecular complexity index is 281. The Hall–Kier alpha value is -1.10. The van der Waals surface area contributed by atoms with Crippen molar-refractivity contribution in [1.29, 1.82) is 0 Å². The van der Waals surface area contributed by atoms with Crippen molar-refractivity contribution in [3.8, 4) is 0 Å². The maximum atomic E-state index is 11.9. The summed E-state index contributed by atoms with van der Waals surface area (Å²) in [5.41, 5.74) is -0.323. The van der Waals surface area contributed by atoms with Gasteiger partial charge in [0.2, 0.25) is 0 Å². The van der Waals surface area contributed by atoms with E-state index in [2.05, 4.69) is 10.6 Å². The van der Waals surface area contributed by atoms with Gasteiger partial charge in [-0.1, -0.05) is 6.92 Å². The van der Waals surface area contributed by atoms with Crippen LogP contribution < -0.4 is 10.6 Å². The van der Waals surface area contributed by atoms with Crippen molar-refractivity contribution in [3.05, 3.63) is 0 Å². The summed E-state index contributed by atoms with van der Waals surface area (Å²) in [6.45, 7) is 8.76. The van der Waals surface area contributed by atoms with Crippen LogP contribution in [0.5, 0.6) is 0 Å². The second-order valence-corrected chi connectivity index (χ2v) is 5.09. The summed E-state index contributed by atoms with van der Waals surface area (Å²) in [4.78, 5) is 25.4. The van der Waals surface area contributed by atoms with Gasteiger partial charge in [0.15, 0.2) is 0 Å². The summed E-state index contributed by atoms with van der Waals surface area (Å²) in [5.74, 6) is -0.894. The molecule has 1 aliphatic rings. The minimum absolute atomic E-state index is 0.323. The van der Waals surface area contributed by atoms with E-state index < -0.39 is 11.8 Å². The number of amides is 2. The normalized spacial score (nSPS) is 17.5. The highest BCUT2D eigenvalue weighted by atomic mass is 16.2. The van der Waals surface area contributed by atoms with Crippen molar-refractivity contribution in [2.45, 2.75) is 39.2 Å². The predicted molar refractivity (Wildman–Crippen MR) is 66.6 cm³/mol. The fourth-order valence-electron chi connectivity index (χ4n) is 1.64. The Labute approximate surface area is 103 Å². The molecule has 0 aromatic heterocycles. The zero-order valence-electron chi connectivity index (χ0n) is 11.0. The van der Waals surface area contributed by atoms with Gasteiger partial charge in [-0.3, -0.25) is 9.59 Å². The monoisotopic (exact) mass is 241 g/mol. The molecule has 1 heterocycles. The van der Waals surface area contributed by atoms with E-state index in [1.54, 1.807) is 4.90 Å². The first-order valence-corrected chi connectivity index (χ1v) is 6.28. The van der Waals surface area contributed by atoms with Crippen LogP contribution in [0.1, 0.15) is 33.6 Å². The van der Waals surface area contributed by atoms with Crippen molar-refractivity contribution < 1.29 is 9.59 Å². The summed E-state index contributed by atoms with van der Waals surface area (Å²) < 4.78 is 0. The number of nitrogens with one attached hydrogen (secondary N) is 2. The van der Waals surface area contributed by atoms with E-state index in [0.717, 1.165) is 25.9 Å². The SMILES string of the molecule is CCC(C)(C)NC(=O)C(=O)N1CCCNCC1. The summed E-state index contributed by atoms with van der Waals surface area (Å²) in [6.07, 6.45) is 1.70. The zero-order valence-corrected chi connectivity index (χ0v) is 11.0. The molecule has 1 aliphatic heterocycles. The molecule has 5 heteroatoms. The third kappa shape index (κ3) is 4.34. The highest BCUT2D eigenvalue weighted by molar-refractivity contribution is 6.35. The minimum atomic E-state index is -0.487. The molecule has 0 atom stereocenters. The summed E-state index contributed by atoms with van der Waals surface area (Å²) in [7, 11) is 0. The molecule has 0 radical (unpaired) electrons. The molecule has 0 saturated carbocycles. The van der Waals surface area contributed by atoms with Gasteiger partial charge in [-0.15, -0.1) is 0 Å². The molecule has 5 nitrogen and oxygen atoms in total. The molecule has 2 amide bonds. The number of hydrogen-bond acceptors (Lipinski definition) is 3. The molecule has 0 aromatic rings. The van der Waals surface area contributed by atoms with E-state index in [4.69, 9.17) is 0 Å². The van der Waals surface area contributed by atoms with Gasteiger partial charge in [-0.05, 0) is 33.2 Å². The molecule has 1 saturated heterocycles. The maximum absolute atomic E-state index is 11.9. The van der Waals surface area contributed by atoms with Crippen LogP contribution in [0.4, 0.5) is 0 Å². The van der Waals surface area contributed by atoms with Gasteiger partial charge < -0.3 is 15.5 Å². The van der Waals surface area contributed by atoms with Crippen molar-refractivity contribution in [2.75, 3.05) is 26.2 Å². The largest absolute Gasteiger partial charge is 0.343 e. The van der Waals surface area contributed by atoms with Crippen molar-refractivity contribution in [3.63, 3.8) is 0 Å². The van der Waals surface area contributed by atoms with Crippen LogP contribution in [-0.2, 0) is 9.59 Å². The van der Waals surface area contributed by atoms with Gasteiger partial charge in [0.05, 0.1) is 0 Å². The smallest absolute Gasteiger partial charge is 0.311 e. The fraction of sp³-hybridized carbons (Fsp3) is 0.833. The van der Waals surface area contributed by atoms with Gasteiger partial charge in [0.25, 0.3) is 0 Å². The predicted octanol–water partition coefficient (Wildman–Crippen LogP) is 0.113. The summed E-state index contributed by atoms with van der Waals surface area (Å²) in [6, 6.07) is 0. The lowest BCUT2D eigenvalue weighted by Gasteiger charge is -2.26. The molecule has 0 unspecified atom stereocenters. The van der Waals surface area contributed by atoms with E-state index in [0.29, 0.717) is 13.1 Å². The van der Waals surface area contributed by atoms with Crippen LogP contribution in [0.25, 0.3) is 0 Å². The molecular formula is C12H23N3O2. The molecular weight excluding hydrogens is 218 g/mol.